The van der Waals surface area contributed by atoms with Crippen LogP contribution in [0.1, 0.15) is 16.7 Å². The average Bonchev–Trinajstić information content (AvgIpc) is 2.39. The summed E-state index contributed by atoms with van der Waals surface area (Å²) in [6.45, 7) is 2.30. The van der Waals surface area contributed by atoms with E-state index in [-0.39, 0.29) is 0 Å². The smallest absolute Gasteiger partial charge is 0.156 e. The van der Waals surface area contributed by atoms with Crippen molar-refractivity contribution in [2.24, 2.45) is 0 Å². The zero-order valence-corrected chi connectivity index (χ0v) is 11.8. The molecule has 2 aromatic rings. The van der Waals surface area contributed by atoms with Crippen LogP contribution in [-0.2, 0) is 6.61 Å². The van der Waals surface area contributed by atoms with E-state index in [9.17, 15) is 0 Å². The molecule has 0 atom stereocenters. The van der Waals surface area contributed by atoms with E-state index in [4.69, 9.17) is 33.2 Å². The minimum Gasteiger partial charge on any atom is -0.486 e. The third kappa shape index (κ3) is 3.20. The van der Waals surface area contributed by atoms with E-state index in [1.54, 1.807) is 24.3 Å². The van der Waals surface area contributed by atoms with Gasteiger partial charge in [-0.25, -0.2) is 0 Å². The Balaban J connectivity index is 2.17. The van der Waals surface area contributed by atoms with Gasteiger partial charge in [0.1, 0.15) is 6.61 Å². The zero-order chi connectivity index (χ0) is 13.8. The Kier molecular flexibility index (Phi) is 4.31. The highest BCUT2D eigenvalue weighted by atomic mass is 35.5. The summed E-state index contributed by atoms with van der Waals surface area (Å²) in [5, 5.41) is 9.79. The second kappa shape index (κ2) is 5.97. The number of ether oxygens (including phenoxy) is 1. The first-order chi connectivity index (χ1) is 9.11. The molecular formula is C15H11Cl2NO. The number of hydrogen-bond donors (Lipinski definition) is 0. The number of aryl methyl sites for hydroxylation is 1. The van der Waals surface area contributed by atoms with Gasteiger partial charge < -0.3 is 4.74 Å². The standard InChI is InChI=1S/C15H11Cl2NO/c1-10-7-11(8-18)5-6-12(10)9-19-15-13(16)3-2-4-14(15)17/h2-7H,9H2,1H3. The molecule has 0 spiro atoms. The van der Waals surface area contributed by atoms with Crippen molar-refractivity contribution in [3.05, 3.63) is 63.1 Å². The zero-order valence-electron chi connectivity index (χ0n) is 10.3. The first-order valence-corrected chi connectivity index (χ1v) is 6.44. The second-order valence-corrected chi connectivity index (χ2v) is 4.91. The summed E-state index contributed by atoms with van der Waals surface area (Å²) in [6, 6.07) is 12.8. The van der Waals surface area contributed by atoms with Crippen molar-refractivity contribution in [2.75, 3.05) is 0 Å². The molecule has 0 heterocycles. The van der Waals surface area contributed by atoms with E-state index in [0.29, 0.717) is 28.0 Å². The summed E-state index contributed by atoms with van der Waals surface area (Å²) in [4.78, 5) is 0. The fourth-order valence-electron chi connectivity index (χ4n) is 1.70. The summed E-state index contributed by atoms with van der Waals surface area (Å²) in [7, 11) is 0. The predicted octanol–water partition coefficient (Wildman–Crippen LogP) is 4.75. The van der Waals surface area contributed by atoms with Gasteiger partial charge in [0.25, 0.3) is 0 Å². The summed E-state index contributed by atoms with van der Waals surface area (Å²) >= 11 is 12.1. The topological polar surface area (TPSA) is 33.0 Å². The minimum absolute atomic E-state index is 0.362. The molecule has 0 aliphatic rings. The number of halogens is 2. The molecule has 0 saturated heterocycles. The minimum atomic E-state index is 0.362. The molecule has 0 unspecified atom stereocenters. The van der Waals surface area contributed by atoms with E-state index < -0.39 is 0 Å². The first-order valence-electron chi connectivity index (χ1n) is 5.68. The van der Waals surface area contributed by atoms with Gasteiger partial charge in [0.2, 0.25) is 0 Å². The molecule has 96 valence electrons. The maximum Gasteiger partial charge on any atom is 0.156 e. The lowest BCUT2D eigenvalue weighted by molar-refractivity contribution is 0.306. The van der Waals surface area contributed by atoms with Crippen LogP contribution in [0.3, 0.4) is 0 Å². The van der Waals surface area contributed by atoms with Gasteiger partial charge in [-0.2, -0.15) is 5.26 Å². The largest absolute Gasteiger partial charge is 0.486 e. The molecular weight excluding hydrogens is 281 g/mol. The molecule has 19 heavy (non-hydrogen) atoms. The lowest BCUT2D eigenvalue weighted by atomic mass is 10.1. The molecule has 0 bridgehead atoms. The molecule has 0 amide bonds. The van der Waals surface area contributed by atoms with Gasteiger partial charge in [0.15, 0.2) is 5.75 Å². The van der Waals surface area contributed by atoms with Crippen molar-refractivity contribution >= 4 is 23.2 Å². The van der Waals surface area contributed by atoms with Gasteiger partial charge in [-0.1, -0.05) is 35.3 Å². The fourth-order valence-corrected chi connectivity index (χ4v) is 2.20. The Morgan fingerprint density at radius 3 is 2.42 bits per heavy atom. The molecule has 0 N–H and O–H groups in total. The number of hydrogen-bond acceptors (Lipinski definition) is 2. The maximum atomic E-state index is 8.82. The Morgan fingerprint density at radius 2 is 1.84 bits per heavy atom. The molecule has 2 nitrogen and oxygen atoms in total. The van der Waals surface area contributed by atoms with Crippen LogP contribution in [0.15, 0.2) is 36.4 Å². The number of para-hydroxylation sites is 1. The van der Waals surface area contributed by atoms with Gasteiger partial charge in [0.05, 0.1) is 21.7 Å². The van der Waals surface area contributed by atoms with Crippen LogP contribution in [0.2, 0.25) is 10.0 Å². The van der Waals surface area contributed by atoms with Crippen LogP contribution in [0.5, 0.6) is 5.75 Å². The lowest BCUT2D eigenvalue weighted by Crippen LogP contribution is -1.99. The summed E-state index contributed by atoms with van der Waals surface area (Å²) < 4.78 is 5.66. The second-order valence-electron chi connectivity index (χ2n) is 4.09. The fraction of sp³-hybridized carbons (Fsp3) is 0.133. The highest BCUT2D eigenvalue weighted by Crippen LogP contribution is 2.33. The first kappa shape index (κ1) is 13.7. The van der Waals surface area contributed by atoms with Crippen LogP contribution in [0.4, 0.5) is 0 Å². The van der Waals surface area contributed by atoms with Crippen LogP contribution >= 0.6 is 23.2 Å². The van der Waals surface area contributed by atoms with Crippen molar-refractivity contribution in [1.29, 1.82) is 5.26 Å². The van der Waals surface area contributed by atoms with Crippen molar-refractivity contribution in [3.63, 3.8) is 0 Å². The van der Waals surface area contributed by atoms with Crippen LogP contribution < -0.4 is 4.74 Å². The van der Waals surface area contributed by atoms with Crippen molar-refractivity contribution in [2.45, 2.75) is 13.5 Å². The molecule has 0 aliphatic carbocycles. The van der Waals surface area contributed by atoms with Crippen LogP contribution in [0, 0.1) is 18.3 Å². The van der Waals surface area contributed by atoms with Crippen molar-refractivity contribution < 1.29 is 4.74 Å². The van der Waals surface area contributed by atoms with E-state index >= 15 is 0 Å². The third-order valence-electron chi connectivity index (χ3n) is 2.76. The monoisotopic (exact) mass is 291 g/mol. The van der Waals surface area contributed by atoms with Gasteiger partial charge in [-0.05, 0) is 42.3 Å². The molecule has 2 rings (SSSR count). The van der Waals surface area contributed by atoms with Gasteiger partial charge >= 0.3 is 0 Å². The molecule has 4 heteroatoms. The van der Waals surface area contributed by atoms with Gasteiger partial charge in [-0.15, -0.1) is 0 Å². The van der Waals surface area contributed by atoms with Gasteiger partial charge in [0, 0.05) is 0 Å². The number of nitrogens with zero attached hydrogens (tertiary/aromatic N) is 1. The molecule has 0 aliphatic heterocycles. The Morgan fingerprint density at radius 1 is 1.16 bits per heavy atom. The van der Waals surface area contributed by atoms with Crippen LogP contribution in [0.25, 0.3) is 0 Å². The van der Waals surface area contributed by atoms with Crippen molar-refractivity contribution in [3.8, 4) is 11.8 Å². The number of nitriles is 1. The molecule has 0 fully saturated rings. The predicted molar refractivity (Wildman–Crippen MR) is 76.7 cm³/mol. The summed E-state index contributed by atoms with van der Waals surface area (Å²) in [5.74, 6) is 0.481. The third-order valence-corrected chi connectivity index (χ3v) is 3.36. The average molecular weight is 292 g/mol. The van der Waals surface area contributed by atoms with Gasteiger partial charge in [-0.3, -0.25) is 0 Å². The normalized spacial score (nSPS) is 10.0. The Hall–Kier alpha value is -1.69. The summed E-state index contributed by atoms with van der Waals surface area (Å²) in [5.41, 5.74) is 2.63. The quantitative estimate of drug-likeness (QED) is 0.817. The number of rotatable bonds is 3. The number of benzene rings is 2. The molecule has 0 saturated carbocycles. The summed E-state index contributed by atoms with van der Waals surface area (Å²) in [6.07, 6.45) is 0. The highest BCUT2D eigenvalue weighted by Gasteiger charge is 2.08. The van der Waals surface area contributed by atoms with E-state index in [1.807, 2.05) is 19.1 Å². The highest BCUT2D eigenvalue weighted by molar-refractivity contribution is 6.37. The molecule has 0 radical (unpaired) electrons. The Labute approximate surface area is 122 Å². The lowest BCUT2D eigenvalue weighted by Gasteiger charge is -2.11. The molecule has 0 aromatic heterocycles. The van der Waals surface area contributed by atoms with Crippen LogP contribution in [-0.4, -0.2) is 0 Å². The SMILES string of the molecule is Cc1cc(C#N)ccc1COc1c(Cl)cccc1Cl. The Bertz CT molecular complexity index is 627. The molecule has 2 aromatic carbocycles. The van der Waals surface area contributed by atoms with E-state index in [0.717, 1.165) is 11.1 Å². The van der Waals surface area contributed by atoms with E-state index in [1.165, 1.54) is 0 Å². The van der Waals surface area contributed by atoms with E-state index in [2.05, 4.69) is 6.07 Å². The van der Waals surface area contributed by atoms with Crippen molar-refractivity contribution in [1.82, 2.24) is 0 Å². The maximum absolute atomic E-state index is 8.82.